The topological polar surface area (TPSA) is 54.5 Å². The van der Waals surface area contributed by atoms with Crippen molar-refractivity contribution in [1.29, 1.82) is 0 Å². The van der Waals surface area contributed by atoms with Crippen LogP contribution in [0.15, 0.2) is 143 Å². The van der Waals surface area contributed by atoms with Crippen LogP contribution >= 0.6 is 0 Å². The van der Waals surface area contributed by atoms with Crippen molar-refractivity contribution in [3.05, 3.63) is 145 Å². The lowest BCUT2D eigenvalue weighted by Gasteiger charge is -2.33. The molecule has 1 aliphatic heterocycles. The van der Waals surface area contributed by atoms with E-state index in [9.17, 15) is 0 Å². The summed E-state index contributed by atoms with van der Waals surface area (Å²) >= 11 is 0. The summed E-state index contributed by atoms with van der Waals surface area (Å²) in [6, 6.07) is 46.7. The lowest BCUT2D eigenvalue weighted by Crippen LogP contribution is -2.46. The zero-order valence-electron chi connectivity index (χ0n) is 22.7. The summed E-state index contributed by atoms with van der Waals surface area (Å²) in [5.74, 6) is 0.849. The van der Waals surface area contributed by atoms with Crippen LogP contribution in [0.25, 0.3) is 54.5 Å². The van der Waals surface area contributed by atoms with Gasteiger partial charge < -0.3 is 14.3 Å². The maximum atomic E-state index is 6.43. The van der Waals surface area contributed by atoms with Crippen LogP contribution in [0.1, 0.15) is 23.6 Å². The lowest BCUT2D eigenvalue weighted by molar-refractivity contribution is 0.343. The highest BCUT2D eigenvalue weighted by Crippen LogP contribution is 2.38. The Balaban J connectivity index is 1.27. The number of furan rings is 1. The molecule has 2 atom stereocenters. The van der Waals surface area contributed by atoms with Crippen LogP contribution in [0.2, 0.25) is 0 Å². The van der Waals surface area contributed by atoms with E-state index in [2.05, 4.69) is 143 Å². The molecular formula is C37H26N4O. The molecule has 2 aromatic heterocycles. The second-order valence-corrected chi connectivity index (χ2v) is 10.9. The van der Waals surface area contributed by atoms with E-state index in [-0.39, 0.29) is 12.5 Å². The number of aliphatic imine (C=N–C) groups is 1. The summed E-state index contributed by atoms with van der Waals surface area (Å²) in [6.45, 7) is 0. The first-order valence-corrected chi connectivity index (χ1v) is 14.3. The van der Waals surface area contributed by atoms with Gasteiger partial charge in [-0.15, -0.1) is 0 Å². The summed E-state index contributed by atoms with van der Waals surface area (Å²) < 4.78 is 8.75. The fraction of sp³-hybridized carbons (Fsp3) is 0.0541. The number of hydrogen-bond donors (Lipinski definition) is 2. The number of hydrogen-bond acceptors (Lipinski definition) is 4. The molecule has 2 unspecified atom stereocenters. The summed E-state index contributed by atoms with van der Waals surface area (Å²) in [4.78, 5) is 5.28. The second-order valence-electron chi connectivity index (χ2n) is 10.9. The van der Waals surface area contributed by atoms with Gasteiger partial charge >= 0.3 is 0 Å². The van der Waals surface area contributed by atoms with Gasteiger partial charge in [-0.1, -0.05) is 103 Å². The first kappa shape index (κ1) is 23.3. The van der Waals surface area contributed by atoms with Gasteiger partial charge in [0, 0.05) is 32.7 Å². The molecule has 0 saturated heterocycles. The van der Waals surface area contributed by atoms with Crippen LogP contribution < -0.4 is 10.6 Å². The zero-order valence-corrected chi connectivity index (χ0v) is 22.7. The van der Waals surface area contributed by atoms with E-state index in [4.69, 9.17) is 9.41 Å². The molecule has 0 amide bonds. The van der Waals surface area contributed by atoms with Gasteiger partial charge in [0.05, 0.1) is 11.0 Å². The third-order valence-electron chi connectivity index (χ3n) is 8.46. The maximum Gasteiger partial charge on any atom is 0.184 e. The molecule has 6 aromatic carbocycles. The number of nitrogens with zero attached hydrogens (tertiary/aromatic N) is 2. The molecule has 0 aliphatic carbocycles. The Morgan fingerprint density at radius 3 is 2.02 bits per heavy atom. The Kier molecular flexibility index (Phi) is 5.03. The fourth-order valence-corrected chi connectivity index (χ4v) is 6.57. The van der Waals surface area contributed by atoms with Crippen LogP contribution in [0, 0.1) is 0 Å². The summed E-state index contributed by atoms with van der Waals surface area (Å²) in [5, 5.41) is 14.6. The quantitative estimate of drug-likeness (QED) is 0.235. The van der Waals surface area contributed by atoms with Crippen molar-refractivity contribution in [1.82, 2.24) is 15.2 Å². The van der Waals surface area contributed by atoms with Crippen molar-refractivity contribution in [3.8, 4) is 0 Å². The molecular weight excluding hydrogens is 516 g/mol. The van der Waals surface area contributed by atoms with Crippen molar-refractivity contribution < 1.29 is 4.42 Å². The molecule has 0 saturated carbocycles. The van der Waals surface area contributed by atoms with E-state index in [1.807, 2.05) is 6.07 Å². The molecule has 200 valence electrons. The molecule has 5 heteroatoms. The third-order valence-corrected chi connectivity index (χ3v) is 8.46. The number of nitrogens with one attached hydrogen (secondary N) is 2. The smallest absolute Gasteiger partial charge is 0.184 e. The second kappa shape index (κ2) is 9.06. The Bertz CT molecular complexity index is 2280. The van der Waals surface area contributed by atoms with Crippen molar-refractivity contribution in [3.63, 3.8) is 0 Å². The highest BCUT2D eigenvalue weighted by atomic mass is 16.3. The average Bonchev–Trinajstić information content (AvgIpc) is 3.59. The van der Waals surface area contributed by atoms with E-state index in [0.717, 1.165) is 49.9 Å². The van der Waals surface area contributed by atoms with Crippen LogP contribution in [-0.2, 0) is 0 Å². The van der Waals surface area contributed by atoms with E-state index >= 15 is 0 Å². The van der Waals surface area contributed by atoms with Gasteiger partial charge in [0.15, 0.2) is 6.29 Å². The first-order chi connectivity index (χ1) is 20.8. The Morgan fingerprint density at radius 2 is 1.26 bits per heavy atom. The highest BCUT2D eigenvalue weighted by Gasteiger charge is 2.29. The summed E-state index contributed by atoms with van der Waals surface area (Å²) in [5.41, 5.74) is 6.22. The van der Waals surface area contributed by atoms with Crippen LogP contribution in [0.4, 0.5) is 0 Å². The predicted octanol–water partition coefficient (Wildman–Crippen LogP) is 8.64. The fourth-order valence-electron chi connectivity index (χ4n) is 6.57. The molecule has 0 fully saturated rings. The molecule has 0 bridgehead atoms. The molecule has 0 radical (unpaired) electrons. The zero-order chi connectivity index (χ0) is 27.6. The van der Waals surface area contributed by atoms with Crippen molar-refractivity contribution in [2.75, 3.05) is 0 Å². The van der Waals surface area contributed by atoms with Crippen LogP contribution in [-0.4, -0.2) is 10.4 Å². The number of para-hydroxylation sites is 2. The number of benzene rings is 6. The minimum atomic E-state index is -0.342. The first-order valence-electron chi connectivity index (χ1n) is 14.3. The normalized spacial score (nSPS) is 17.3. The van der Waals surface area contributed by atoms with Gasteiger partial charge in [-0.3, -0.25) is 5.32 Å². The molecule has 1 aliphatic rings. The Morgan fingerprint density at radius 1 is 0.595 bits per heavy atom. The maximum absolute atomic E-state index is 6.43. The van der Waals surface area contributed by atoms with Gasteiger partial charge in [-0.2, -0.15) is 0 Å². The van der Waals surface area contributed by atoms with E-state index in [1.165, 1.54) is 21.5 Å². The number of rotatable bonds is 3. The lowest BCUT2D eigenvalue weighted by atomic mass is 10.0. The van der Waals surface area contributed by atoms with Crippen LogP contribution in [0.5, 0.6) is 0 Å². The van der Waals surface area contributed by atoms with E-state index in [0.29, 0.717) is 0 Å². The average molecular weight is 543 g/mol. The van der Waals surface area contributed by atoms with Gasteiger partial charge in [-0.05, 0) is 41.1 Å². The molecule has 42 heavy (non-hydrogen) atoms. The summed E-state index contributed by atoms with van der Waals surface area (Å²) in [7, 11) is 0. The number of fused-ring (bicyclic) bond motifs is 7. The highest BCUT2D eigenvalue weighted by molar-refractivity contribution is 6.12. The predicted molar refractivity (Wildman–Crippen MR) is 172 cm³/mol. The number of amidine groups is 1. The third kappa shape index (κ3) is 3.51. The molecule has 9 rings (SSSR count). The number of aromatic nitrogens is 1. The van der Waals surface area contributed by atoms with Gasteiger partial charge in [0.25, 0.3) is 0 Å². The van der Waals surface area contributed by atoms with E-state index < -0.39 is 0 Å². The molecule has 2 N–H and O–H groups in total. The van der Waals surface area contributed by atoms with Gasteiger partial charge in [-0.25, -0.2) is 4.99 Å². The Hall–Kier alpha value is -5.39. The monoisotopic (exact) mass is 542 g/mol. The largest absolute Gasteiger partial charge is 0.456 e. The van der Waals surface area contributed by atoms with Gasteiger partial charge in [0.1, 0.15) is 23.2 Å². The van der Waals surface area contributed by atoms with Gasteiger partial charge in [0.2, 0.25) is 0 Å². The molecule has 0 spiro atoms. The summed E-state index contributed by atoms with van der Waals surface area (Å²) in [6.07, 6.45) is -0.566. The molecule has 8 aromatic rings. The molecule has 3 heterocycles. The SMILES string of the molecule is c1ccc(C2=NC(n3c4ccccc4c4ccccc43)NC(c3cccc4oc5cc6ccccc6cc5c34)N2)cc1. The van der Waals surface area contributed by atoms with Crippen LogP contribution in [0.3, 0.4) is 0 Å². The van der Waals surface area contributed by atoms with E-state index in [1.54, 1.807) is 0 Å². The van der Waals surface area contributed by atoms with Crippen molar-refractivity contribution >= 4 is 60.4 Å². The standard InChI is InChI=1S/C37H26N4O/c1-2-11-23(12-3-1)35-38-36(40-37(39-35)41-30-18-8-6-15-26(30)27-16-7-9-19-31(27)41)28-17-10-20-32-34(28)29-21-24-13-4-5-14-25(24)22-33(29)42-32/h1-22,36-37,40H,(H,38,39). The van der Waals surface area contributed by atoms with Crippen molar-refractivity contribution in [2.45, 2.75) is 12.5 Å². The van der Waals surface area contributed by atoms with Crippen molar-refractivity contribution in [2.24, 2.45) is 4.99 Å². The minimum Gasteiger partial charge on any atom is -0.456 e. The Labute approximate surface area is 241 Å². The minimum absolute atomic E-state index is 0.224. The molecule has 5 nitrogen and oxygen atoms in total.